The van der Waals surface area contributed by atoms with Crippen LogP contribution in [0.3, 0.4) is 0 Å². The molecular formula is C21H17BO2S. The summed E-state index contributed by atoms with van der Waals surface area (Å²) in [4.78, 5) is 0. The molecule has 122 valence electrons. The van der Waals surface area contributed by atoms with Crippen molar-refractivity contribution in [3.8, 4) is 16.9 Å². The molecule has 1 N–H and O–H groups in total. The summed E-state index contributed by atoms with van der Waals surface area (Å²) in [5.41, 5.74) is 5.48. The molecule has 0 unspecified atom stereocenters. The van der Waals surface area contributed by atoms with E-state index >= 15 is 0 Å². The normalized spacial score (nSPS) is 14.5. The fourth-order valence-electron chi connectivity index (χ4n) is 4.20. The van der Waals surface area contributed by atoms with Crippen molar-refractivity contribution in [1.82, 2.24) is 0 Å². The van der Waals surface area contributed by atoms with Gasteiger partial charge in [0, 0.05) is 26.5 Å². The van der Waals surface area contributed by atoms with Crippen molar-refractivity contribution in [1.29, 1.82) is 0 Å². The Labute approximate surface area is 151 Å². The van der Waals surface area contributed by atoms with Gasteiger partial charge in [-0.2, -0.15) is 0 Å². The van der Waals surface area contributed by atoms with Gasteiger partial charge in [-0.05, 0) is 22.8 Å². The third-order valence-corrected chi connectivity index (χ3v) is 6.65. The highest BCUT2D eigenvalue weighted by atomic mass is 32.1. The van der Waals surface area contributed by atoms with Crippen molar-refractivity contribution in [2.45, 2.75) is 19.3 Å². The summed E-state index contributed by atoms with van der Waals surface area (Å²) >= 11 is 1.76. The molecule has 0 aliphatic heterocycles. The van der Waals surface area contributed by atoms with E-state index < -0.39 is 0 Å². The summed E-state index contributed by atoms with van der Waals surface area (Å²) in [5, 5.41) is 11.6. The Bertz CT molecular complexity index is 1140. The van der Waals surface area contributed by atoms with Gasteiger partial charge in [-0.1, -0.05) is 62.4 Å². The summed E-state index contributed by atoms with van der Waals surface area (Å²) in [6.45, 7) is 4.61. The zero-order chi connectivity index (χ0) is 17.2. The number of rotatable bonds is 2. The maximum atomic E-state index is 9.19. The zero-order valence-corrected chi connectivity index (χ0v) is 15.0. The van der Waals surface area contributed by atoms with E-state index in [2.05, 4.69) is 56.3 Å². The minimum absolute atomic E-state index is 0.0146. The Hall–Kier alpha value is -2.30. The van der Waals surface area contributed by atoms with Gasteiger partial charge in [-0.3, -0.25) is 0 Å². The average molecular weight is 344 g/mol. The van der Waals surface area contributed by atoms with Crippen LogP contribution in [0.15, 0.2) is 54.6 Å². The number of fused-ring (bicyclic) bond motifs is 7. The first kappa shape index (κ1) is 15.0. The lowest BCUT2D eigenvalue weighted by atomic mass is 9.82. The highest BCUT2D eigenvalue weighted by Gasteiger charge is 2.36. The molecule has 0 radical (unpaired) electrons. The average Bonchev–Trinajstić information content (AvgIpc) is 3.10. The summed E-state index contributed by atoms with van der Waals surface area (Å²) in [6.07, 6.45) is 0. The molecular weight excluding hydrogens is 327 g/mol. The maximum Gasteiger partial charge on any atom is 0.504 e. The van der Waals surface area contributed by atoms with Crippen LogP contribution < -0.4 is 4.65 Å². The Balaban J connectivity index is 1.93. The van der Waals surface area contributed by atoms with E-state index in [1.807, 2.05) is 12.1 Å². The lowest BCUT2D eigenvalue weighted by Crippen LogP contribution is -2.14. The first-order valence-electron chi connectivity index (χ1n) is 8.45. The van der Waals surface area contributed by atoms with Crippen molar-refractivity contribution >= 4 is 39.2 Å². The Morgan fingerprint density at radius 3 is 2.52 bits per heavy atom. The summed E-state index contributed by atoms with van der Waals surface area (Å²) in [6, 6.07) is 19.3. The number of hydrogen-bond acceptors (Lipinski definition) is 3. The monoisotopic (exact) mass is 344 g/mol. The molecule has 0 saturated heterocycles. The molecule has 1 aliphatic rings. The molecule has 0 saturated carbocycles. The van der Waals surface area contributed by atoms with Gasteiger partial charge in [0.2, 0.25) is 0 Å². The van der Waals surface area contributed by atoms with E-state index in [0.29, 0.717) is 0 Å². The second kappa shape index (κ2) is 5.10. The van der Waals surface area contributed by atoms with Gasteiger partial charge in [0.05, 0.1) is 4.70 Å². The van der Waals surface area contributed by atoms with Gasteiger partial charge in [0.25, 0.3) is 0 Å². The molecule has 1 aliphatic carbocycles. The minimum Gasteiger partial charge on any atom is -0.538 e. The summed E-state index contributed by atoms with van der Waals surface area (Å²) in [7, 11) is -0.304. The number of thiophene rings is 1. The number of hydrogen-bond donors (Lipinski definition) is 1. The lowest BCUT2D eigenvalue weighted by Gasteiger charge is -2.21. The minimum atomic E-state index is -0.304. The molecule has 0 fully saturated rings. The number of benzene rings is 3. The largest absolute Gasteiger partial charge is 0.538 e. The fourth-order valence-corrected chi connectivity index (χ4v) is 5.53. The van der Waals surface area contributed by atoms with E-state index in [4.69, 9.17) is 4.65 Å². The first-order valence-corrected chi connectivity index (χ1v) is 9.27. The van der Waals surface area contributed by atoms with Gasteiger partial charge in [-0.15, -0.1) is 11.3 Å². The van der Waals surface area contributed by atoms with Gasteiger partial charge in [0.15, 0.2) is 0 Å². The van der Waals surface area contributed by atoms with Crippen LogP contribution in [0.4, 0.5) is 0 Å². The van der Waals surface area contributed by atoms with Crippen molar-refractivity contribution in [2.24, 2.45) is 0 Å². The van der Waals surface area contributed by atoms with Crippen molar-refractivity contribution in [3.05, 3.63) is 65.7 Å². The third kappa shape index (κ3) is 1.89. The summed E-state index contributed by atoms with van der Waals surface area (Å²) in [5.74, 6) is 0.750. The van der Waals surface area contributed by atoms with Crippen molar-refractivity contribution < 1.29 is 9.68 Å². The van der Waals surface area contributed by atoms with Gasteiger partial charge in [0.1, 0.15) is 5.75 Å². The lowest BCUT2D eigenvalue weighted by molar-refractivity contribution is 0.457. The highest BCUT2D eigenvalue weighted by molar-refractivity contribution is 7.26. The van der Waals surface area contributed by atoms with Crippen LogP contribution in [0.5, 0.6) is 5.75 Å². The molecule has 0 spiro atoms. The molecule has 2 nitrogen and oxygen atoms in total. The van der Waals surface area contributed by atoms with Crippen LogP contribution in [-0.2, 0) is 5.41 Å². The van der Waals surface area contributed by atoms with E-state index in [0.717, 1.165) is 10.4 Å². The third-order valence-electron chi connectivity index (χ3n) is 5.39. The SMILES string of the molecule is CC1(C)c2ccccc2-c2c1ccc1c2sc2c(OBO)cccc21. The van der Waals surface area contributed by atoms with Crippen LogP contribution in [0.2, 0.25) is 0 Å². The van der Waals surface area contributed by atoms with Crippen LogP contribution in [0, 0.1) is 0 Å². The van der Waals surface area contributed by atoms with Crippen LogP contribution in [0.1, 0.15) is 25.0 Å². The van der Waals surface area contributed by atoms with Crippen LogP contribution in [0.25, 0.3) is 31.3 Å². The van der Waals surface area contributed by atoms with Gasteiger partial charge in [-0.25, -0.2) is 0 Å². The molecule has 0 amide bonds. The molecule has 4 aromatic rings. The first-order chi connectivity index (χ1) is 12.1. The molecule has 1 heterocycles. The van der Waals surface area contributed by atoms with Crippen molar-refractivity contribution in [2.75, 3.05) is 0 Å². The van der Waals surface area contributed by atoms with E-state index in [-0.39, 0.29) is 13.1 Å². The Morgan fingerprint density at radius 1 is 0.880 bits per heavy atom. The predicted molar refractivity (Wildman–Crippen MR) is 107 cm³/mol. The second-order valence-electron chi connectivity index (χ2n) is 7.04. The second-order valence-corrected chi connectivity index (χ2v) is 8.06. The molecule has 25 heavy (non-hydrogen) atoms. The van der Waals surface area contributed by atoms with E-state index in [1.54, 1.807) is 11.3 Å². The standard InChI is InChI=1S/C21H17BO2S/c1-21(2)15-8-4-3-6-14(15)18-16(21)11-10-13-12-7-5-9-17(24-22-23)19(12)25-20(13)18/h3-11,22-23H,1-2H3. The van der Waals surface area contributed by atoms with Crippen LogP contribution >= 0.6 is 11.3 Å². The highest BCUT2D eigenvalue weighted by Crippen LogP contribution is 2.54. The maximum absolute atomic E-state index is 9.19. The zero-order valence-electron chi connectivity index (χ0n) is 14.2. The molecule has 5 rings (SSSR count). The molecule has 4 heteroatoms. The molecule has 3 aromatic carbocycles. The Kier molecular flexibility index (Phi) is 3.06. The Morgan fingerprint density at radius 2 is 1.68 bits per heavy atom. The molecule has 0 bridgehead atoms. The van der Waals surface area contributed by atoms with Crippen LogP contribution in [-0.4, -0.2) is 12.7 Å². The van der Waals surface area contributed by atoms with Gasteiger partial charge >= 0.3 is 7.69 Å². The fraction of sp³-hybridized carbons (Fsp3) is 0.143. The topological polar surface area (TPSA) is 29.5 Å². The van der Waals surface area contributed by atoms with E-state index in [1.165, 1.54) is 37.7 Å². The predicted octanol–water partition coefficient (Wildman–Crippen LogP) is 5.00. The molecule has 0 atom stereocenters. The molecule has 1 aromatic heterocycles. The smallest absolute Gasteiger partial charge is 0.504 e. The quantitative estimate of drug-likeness (QED) is 0.519. The van der Waals surface area contributed by atoms with E-state index in [9.17, 15) is 5.02 Å². The summed E-state index contributed by atoms with van der Waals surface area (Å²) < 4.78 is 7.85. The van der Waals surface area contributed by atoms with Crippen molar-refractivity contribution in [3.63, 3.8) is 0 Å². The van der Waals surface area contributed by atoms with Gasteiger partial charge < -0.3 is 9.68 Å².